The van der Waals surface area contributed by atoms with Crippen LogP contribution in [0, 0.1) is 0 Å². The summed E-state index contributed by atoms with van der Waals surface area (Å²) in [6, 6.07) is 4.70. The molecule has 3 aromatic rings. The topological polar surface area (TPSA) is 114 Å². The van der Waals surface area contributed by atoms with Gasteiger partial charge in [-0.25, -0.2) is 17.9 Å². The highest BCUT2D eigenvalue weighted by molar-refractivity contribution is 7.91. The molecule has 4 rings (SSSR count). The van der Waals surface area contributed by atoms with Crippen LogP contribution in [0.25, 0.3) is 16.8 Å². The minimum atomic E-state index is -3.35. The van der Waals surface area contributed by atoms with E-state index in [1.54, 1.807) is 16.9 Å². The van der Waals surface area contributed by atoms with Gasteiger partial charge in [0.25, 0.3) is 5.91 Å². The number of rotatable bonds is 3. The highest BCUT2D eigenvalue weighted by atomic mass is 35.5. The van der Waals surface area contributed by atoms with Crippen LogP contribution in [0.4, 0.5) is 0 Å². The number of aliphatic hydroxyl groups excluding tert-OH is 1. The number of aliphatic hydroxyl groups is 1. The van der Waals surface area contributed by atoms with E-state index in [9.17, 15) is 18.3 Å². The van der Waals surface area contributed by atoms with Crippen molar-refractivity contribution < 1.29 is 18.3 Å². The van der Waals surface area contributed by atoms with Crippen molar-refractivity contribution in [2.75, 3.05) is 11.5 Å². The van der Waals surface area contributed by atoms with E-state index in [4.69, 9.17) is 11.6 Å². The maximum absolute atomic E-state index is 12.4. The number of hydrogen-bond donors (Lipinski definition) is 2. The summed E-state index contributed by atoms with van der Waals surface area (Å²) < 4.78 is 25.1. The van der Waals surface area contributed by atoms with Gasteiger partial charge < -0.3 is 10.4 Å². The van der Waals surface area contributed by atoms with Gasteiger partial charge in [0, 0.05) is 11.8 Å². The number of pyridine rings is 1. The van der Waals surface area contributed by atoms with Gasteiger partial charge in [-0.2, -0.15) is 5.10 Å². The standard InChI is InChI=1S/C15H13ClN4O4S2/c16-13-12(8-5-17-20-4-2-1-3-10(8)20)19-15(25-13)14(22)18-9-6-26(23,24)7-11(9)21/h1-5,9,11,21H,6-7H2,(H,18,22). The van der Waals surface area contributed by atoms with Crippen molar-refractivity contribution in [1.82, 2.24) is 19.9 Å². The van der Waals surface area contributed by atoms with Gasteiger partial charge in [-0.05, 0) is 12.1 Å². The lowest BCUT2D eigenvalue weighted by atomic mass is 10.2. The molecule has 1 saturated heterocycles. The molecule has 0 bridgehead atoms. The highest BCUT2D eigenvalue weighted by Gasteiger charge is 2.37. The lowest BCUT2D eigenvalue weighted by Gasteiger charge is -2.13. The van der Waals surface area contributed by atoms with Crippen LogP contribution < -0.4 is 5.32 Å². The second kappa shape index (κ2) is 6.31. The molecule has 0 aliphatic carbocycles. The Morgan fingerprint density at radius 3 is 2.92 bits per heavy atom. The Morgan fingerprint density at radius 2 is 2.19 bits per heavy atom. The number of fused-ring (bicyclic) bond motifs is 1. The van der Waals surface area contributed by atoms with Crippen molar-refractivity contribution in [2.45, 2.75) is 12.1 Å². The van der Waals surface area contributed by atoms with E-state index in [-0.39, 0.29) is 16.5 Å². The van der Waals surface area contributed by atoms with Gasteiger partial charge in [0.05, 0.1) is 35.4 Å². The fourth-order valence-electron chi connectivity index (χ4n) is 2.88. The van der Waals surface area contributed by atoms with Crippen molar-refractivity contribution >= 4 is 44.2 Å². The van der Waals surface area contributed by atoms with Crippen LogP contribution >= 0.6 is 22.9 Å². The summed E-state index contributed by atoms with van der Waals surface area (Å²) in [5.41, 5.74) is 1.92. The molecule has 1 aliphatic heterocycles. The molecule has 11 heteroatoms. The molecule has 4 heterocycles. The molecule has 2 unspecified atom stereocenters. The average molecular weight is 413 g/mol. The Hall–Kier alpha value is -2.01. The molecule has 0 saturated carbocycles. The zero-order chi connectivity index (χ0) is 18.5. The summed E-state index contributed by atoms with van der Waals surface area (Å²) in [5.74, 6) is -1.22. The first-order valence-electron chi connectivity index (χ1n) is 7.62. The van der Waals surface area contributed by atoms with Gasteiger partial charge in [-0.15, -0.1) is 0 Å². The van der Waals surface area contributed by atoms with Crippen LogP contribution in [0.5, 0.6) is 0 Å². The van der Waals surface area contributed by atoms with E-state index in [0.717, 1.165) is 16.9 Å². The maximum Gasteiger partial charge on any atom is 0.280 e. The summed E-state index contributed by atoms with van der Waals surface area (Å²) in [7, 11) is -3.35. The van der Waals surface area contributed by atoms with Crippen LogP contribution in [-0.2, 0) is 9.84 Å². The lowest BCUT2D eigenvalue weighted by Crippen LogP contribution is -2.42. The fraction of sp³-hybridized carbons (Fsp3) is 0.267. The zero-order valence-corrected chi connectivity index (χ0v) is 15.6. The quantitative estimate of drug-likeness (QED) is 0.663. The number of halogens is 1. The number of nitrogens with one attached hydrogen (secondary N) is 1. The summed E-state index contributed by atoms with van der Waals surface area (Å²) in [4.78, 5) is 16.7. The SMILES string of the molecule is O=C(NC1CS(=O)(=O)CC1O)c1nc(-c2cnn3ccccc23)c(Cl)s1. The van der Waals surface area contributed by atoms with Crippen molar-refractivity contribution in [3.05, 3.63) is 39.9 Å². The van der Waals surface area contributed by atoms with Crippen molar-refractivity contribution in [3.8, 4) is 11.3 Å². The van der Waals surface area contributed by atoms with Gasteiger partial charge in [-0.3, -0.25) is 4.79 Å². The second-order valence-corrected chi connectivity index (χ2v) is 9.71. The molecule has 2 N–H and O–H groups in total. The number of thiazole rings is 1. The number of nitrogens with zero attached hydrogens (tertiary/aromatic N) is 3. The van der Waals surface area contributed by atoms with Crippen molar-refractivity contribution in [2.24, 2.45) is 0 Å². The Balaban J connectivity index is 1.61. The van der Waals surface area contributed by atoms with Crippen LogP contribution in [0.15, 0.2) is 30.6 Å². The monoisotopic (exact) mass is 412 g/mol. The van der Waals surface area contributed by atoms with E-state index in [1.807, 2.05) is 18.2 Å². The number of hydrogen-bond acceptors (Lipinski definition) is 7. The van der Waals surface area contributed by atoms with Crippen LogP contribution in [0.2, 0.25) is 4.34 Å². The first-order chi connectivity index (χ1) is 12.3. The normalized spacial score (nSPS) is 21.9. The number of carbonyl (C=O) groups excluding carboxylic acids is 1. The van der Waals surface area contributed by atoms with E-state index >= 15 is 0 Å². The maximum atomic E-state index is 12.4. The average Bonchev–Trinajstić information content (AvgIpc) is 3.23. The molecular formula is C15H13ClN4O4S2. The van der Waals surface area contributed by atoms with Crippen molar-refractivity contribution in [3.63, 3.8) is 0 Å². The number of aromatic nitrogens is 3. The van der Waals surface area contributed by atoms with E-state index in [2.05, 4.69) is 15.4 Å². The molecule has 2 atom stereocenters. The Bertz CT molecular complexity index is 1110. The molecule has 0 radical (unpaired) electrons. The largest absolute Gasteiger partial charge is 0.390 e. The Labute approximate surface area is 157 Å². The van der Waals surface area contributed by atoms with E-state index in [0.29, 0.717) is 15.6 Å². The van der Waals surface area contributed by atoms with Gasteiger partial charge in [0.2, 0.25) is 0 Å². The summed E-state index contributed by atoms with van der Waals surface area (Å²) in [6.07, 6.45) is 2.28. The third-order valence-corrected chi connectivity index (χ3v) is 7.07. The summed E-state index contributed by atoms with van der Waals surface area (Å²) >= 11 is 7.25. The lowest BCUT2D eigenvalue weighted by molar-refractivity contribution is 0.0888. The van der Waals surface area contributed by atoms with Gasteiger partial charge >= 0.3 is 0 Å². The first-order valence-corrected chi connectivity index (χ1v) is 10.6. The molecule has 1 amide bonds. The molecule has 26 heavy (non-hydrogen) atoms. The molecule has 3 aromatic heterocycles. The minimum Gasteiger partial charge on any atom is -0.390 e. The highest BCUT2D eigenvalue weighted by Crippen LogP contribution is 2.34. The van der Waals surface area contributed by atoms with E-state index in [1.165, 1.54) is 0 Å². The van der Waals surface area contributed by atoms with Crippen LogP contribution in [0.1, 0.15) is 9.80 Å². The summed E-state index contributed by atoms with van der Waals surface area (Å²) in [5, 5.41) is 16.6. The Morgan fingerprint density at radius 1 is 1.38 bits per heavy atom. The third kappa shape index (κ3) is 3.09. The van der Waals surface area contributed by atoms with Gasteiger partial charge in [0.1, 0.15) is 10.0 Å². The molecule has 1 fully saturated rings. The molecule has 136 valence electrons. The van der Waals surface area contributed by atoms with Crippen LogP contribution in [-0.4, -0.2) is 57.7 Å². The molecule has 0 aromatic carbocycles. The fourth-order valence-corrected chi connectivity index (χ4v) is 5.69. The molecular weight excluding hydrogens is 400 g/mol. The second-order valence-electron chi connectivity index (χ2n) is 5.95. The number of sulfone groups is 1. The predicted molar refractivity (Wildman–Crippen MR) is 97.2 cm³/mol. The molecule has 1 aliphatic rings. The van der Waals surface area contributed by atoms with E-state index < -0.39 is 27.9 Å². The minimum absolute atomic E-state index is 0.0942. The van der Waals surface area contributed by atoms with Gasteiger partial charge in [0.15, 0.2) is 14.8 Å². The van der Waals surface area contributed by atoms with Crippen molar-refractivity contribution in [1.29, 1.82) is 0 Å². The molecule has 0 spiro atoms. The van der Waals surface area contributed by atoms with Gasteiger partial charge in [-0.1, -0.05) is 29.0 Å². The Kier molecular flexibility index (Phi) is 4.22. The molecule has 8 nitrogen and oxygen atoms in total. The number of carbonyl (C=O) groups is 1. The third-order valence-electron chi connectivity index (χ3n) is 4.10. The number of amides is 1. The van der Waals surface area contributed by atoms with Crippen LogP contribution in [0.3, 0.4) is 0 Å². The first kappa shape index (κ1) is 17.4. The zero-order valence-electron chi connectivity index (χ0n) is 13.2. The predicted octanol–water partition coefficient (Wildman–Crippen LogP) is 0.999. The smallest absolute Gasteiger partial charge is 0.280 e. The summed E-state index contributed by atoms with van der Waals surface area (Å²) in [6.45, 7) is 0.